The molecule has 0 bridgehead atoms. The third-order valence-corrected chi connectivity index (χ3v) is 16.2. The number of nitrogens with one attached hydrogen (secondary N) is 3. The summed E-state index contributed by atoms with van der Waals surface area (Å²) in [4.78, 5) is 83.0. The smallest absolute Gasteiger partial charge is 0.272 e. The molecule has 1 atom stereocenters. The van der Waals surface area contributed by atoms with E-state index in [9.17, 15) is 24.0 Å². The van der Waals surface area contributed by atoms with Crippen molar-refractivity contribution in [3.63, 3.8) is 0 Å². The van der Waals surface area contributed by atoms with Crippen LogP contribution in [0.3, 0.4) is 0 Å². The van der Waals surface area contributed by atoms with Crippen LogP contribution in [-0.2, 0) is 27.5 Å². The number of fused-ring (bicyclic) bond motifs is 1. The number of hydrogen-bond donors (Lipinski definition) is 4. The second-order valence-electron chi connectivity index (χ2n) is 20.1. The number of rotatable bonds is 12. The van der Waals surface area contributed by atoms with Crippen LogP contribution in [0, 0.1) is 5.92 Å². The molecule has 5 N–H and O–H groups in total. The first-order valence-electron chi connectivity index (χ1n) is 24.9. The molecule has 1 aliphatic carbocycles. The van der Waals surface area contributed by atoms with Gasteiger partial charge in [0.05, 0.1) is 18.1 Å². The number of amides is 5. The number of hydrogen-bond acceptors (Lipinski definition) is 14. The van der Waals surface area contributed by atoms with Crippen LogP contribution >= 0.6 is 11.8 Å². The summed E-state index contributed by atoms with van der Waals surface area (Å²) in [7, 11) is 0. The van der Waals surface area contributed by atoms with Gasteiger partial charge >= 0.3 is 0 Å². The van der Waals surface area contributed by atoms with Crippen molar-refractivity contribution in [3.8, 4) is 0 Å². The first kappa shape index (κ1) is 47.6. The van der Waals surface area contributed by atoms with Crippen LogP contribution in [0.25, 0.3) is 5.57 Å². The zero-order valence-corrected chi connectivity index (χ0v) is 40.6. The molecule has 366 valence electrons. The molecule has 2 aromatic carbocycles. The fourth-order valence-electron chi connectivity index (χ4n) is 11.0. The van der Waals surface area contributed by atoms with Gasteiger partial charge in [-0.2, -0.15) is 5.10 Å². The average molecular weight is 967 g/mol. The number of likely N-dealkylation sites (tertiary alicyclic amines) is 1. The molecule has 4 fully saturated rings. The first-order chi connectivity index (χ1) is 33.9. The van der Waals surface area contributed by atoms with Crippen molar-refractivity contribution < 1.29 is 24.0 Å². The molecule has 3 saturated heterocycles. The molecule has 0 radical (unpaired) electrons. The highest BCUT2D eigenvalue weighted by atomic mass is 32.2. The van der Waals surface area contributed by atoms with Crippen LogP contribution in [0.15, 0.2) is 83.0 Å². The Balaban J connectivity index is 0.628. The van der Waals surface area contributed by atoms with Crippen LogP contribution in [0.4, 0.5) is 11.5 Å². The van der Waals surface area contributed by atoms with E-state index in [4.69, 9.17) is 5.73 Å². The minimum atomic E-state index is -0.675. The number of carbonyl (C=O) groups is 5. The van der Waals surface area contributed by atoms with E-state index in [-0.39, 0.29) is 60.3 Å². The van der Waals surface area contributed by atoms with Crippen molar-refractivity contribution >= 4 is 58.4 Å². The highest BCUT2D eigenvalue weighted by Gasteiger charge is 2.39. The Kier molecular flexibility index (Phi) is 14.1. The zero-order valence-electron chi connectivity index (χ0n) is 39.8. The van der Waals surface area contributed by atoms with Gasteiger partial charge in [0, 0.05) is 85.4 Å². The number of nitrogens with zero attached hydrogens (tertiary/aromatic N) is 8. The van der Waals surface area contributed by atoms with Gasteiger partial charge < -0.3 is 31.1 Å². The molecule has 7 heterocycles. The fraction of sp³-hybridized carbons (Fsp3) is 0.481. The number of anilines is 2. The lowest BCUT2D eigenvalue weighted by Gasteiger charge is -2.44. The lowest BCUT2D eigenvalue weighted by molar-refractivity contribution is -0.137. The molecule has 6 aliphatic rings. The quantitative estimate of drug-likeness (QED) is 0.135. The SMILES string of the molecule is CC1(N)CCN(c2cnc(Sc3cccc(NC(=O)C4CCC(N5CCC(N6CC=C(c7ccc(C(=O)NCc8ccc9c(c8)CN(C8CCC(=O)NC8=O)C9=O)nn7)CC6)CC5)CC4)c3)cn2)CC1. The van der Waals surface area contributed by atoms with E-state index in [0.717, 1.165) is 141 Å². The minimum Gasteiger partial charge on any atom is -0.355 e. The van der Waals surface area contributed by atoms with E-state index in [1.165, 1.54) is 4.90 Å². The number of piperidine rings is 3. The lowest BCUT2D eigenvalue weighted by Crippen LogP contribution is -2.52. The van der Waals surface area contributed by atoms with Crippen LogP contribution in [0.5, 0.6) is 0 Å². The Morgan fingerprint density at radius 1 is 0.843 bits per heavy atom. The first-order valence-corrected chi connectivity index (χ1v) is 25.7. The molecular formula is C52H62N12O5S. The maximum atomic E-state index is 13.5. The van der Waals surface area contributed by atoms with E-state index in [0.29, 0.717) is 24.1 Å². The van der Waals surface area contributed by atoms with Crippen LogP contribution in [0.1, 0.15) is 115 Å². The highest BCUT2D eigenvalue weighted by Crippen LogP contribution is 2.34. The zero-order chi connectivity index (χ0) is 48.4. The lowest BCUT2D eigenvalue weighted by atomic mass is 9.84. The monoisotopic (exact) mass is 966 g/mol. The predicted octanol–water partition coefficient (Wildman–Crippen LogP) is 5.18. The summed E-state index contributed by atoms with van der Waals surface area (Å²) in [5.41, 5.74) is 11.3. The van der Waals surface area contributed by atoms with Gasteiger partial charge in [-0.15, -0.1) is 5.10 Å². The molecule has 2 aromatic heterocycles. The number of aromatic nitrogens is 4. The number of imide groups is 1. The van der Waals surface area contributed by atoms with Gasteiger partial charge in [0.2, 0.25) is 17.7 Å². The Morgan fingerprint density at radius 2 is 1.64 bits per heavy atom. The Bertz CT molecular complexity index is 2640. The molecule has 70 heavy (non-hydrogen) atoms. The Labute approximate surface area is 412 Å². The van der Waals surface area contributed by atoms with Gasteiger partial charge in [0.1, 0.15) is 16.9 Å². The highest BCUT2D eigenvalue weighted by molar-refractivity contribution is 7.99. The molecule has 17 nitrogen and oxygen atoms in total. The molecule has 18 heteroatoms. The molecule has 10 rings (SSSR count). The number of nitrogens with two attached hydrogens (primary N) is 1. The van der Waals surface area contributed by atoms with Crippen molar-refractivity contribution in [2.24, 2.45) is 11.7 Å². The van der Waals surface area contributed by atoms with Gasteiger partial charge in [0.25, 0.3) is 11.8 Å². The summed E-state index contributed by atoms with van der Waals surface area (Å²) in [5, 5.41) is 18.0. The van der Waals surface area contributed by atoms with E-state index in [1.807, 2.05) is 48.8 Å². The van der Waals surface area contributed by atoms with E-state index >= 15 is 0 Å². The van der Waals surface area contributed by atoms with E-state index in [1.54, 1.807) is 30.0 Å². The van der Waals surface area contributed by atoms with Gasteiger partial charge in [-0.25, -0.2) is 9.97 Å². The third kappa shape index (κ3) is 10.9. The van der Waals surface area contributed by atoms with Gasteiger partial charge in [0.15, 0.2) is 5.69 Å². The molecule has 1 saturated carbocycles. The van der Waals surface area contributed by atoms with Crippen molar-refractivity contribution in [1.29, 1.82) is 0 Å². The molecule has 4 aromatic rings. The number of benzene rings is 2. The Hall–Kier alpha value is -6.08. The van der Waals surface area contributed by atoms with E-state index < -0.39 is 11.9 Å². The van der Waals surface area contributed by atoms with Gasteiger partial charge in [-0.3, -0.25) is 34.2 Å². The normalized spacial score (nSPS) is 23.4. The standard InChI is InChI=1S/C52H62N12O5S/c1-52(53)19-25-63(26-20-52)45-30-55-47(31-54-45)70-40-4-2-3-37(28-40)57-48(66)35-6-8-38(9-7-35)62-23-17-39(18-24-62)61-21-15-34(16-22-61)42-11-12-43(60-59-42)49(67)56-29-33-5-10-41-36(27-33)32-64(51(41)69)44-13-14-46(65)58-50(44)68/h2-5,10-12,15,27-28,30-31,35,38-39,44H,6-9,13-14,16-26,29,32,53H2,1H3,(H,56,67)(H,57,66)(H,58,65,68). The molecule has 1 unspecified atom stereocenters. The summed E-state index contributed by atoms with van der Waals surface area (Å²) < 4.78 is 0. The van der Waals surface area contributed by atoms with Crippen LogP contribution in [-0.4, -0.2) is 127 Å². The molecular weight excluding hydrogens is 905 g/mol. The summed E-state index contributed by atoms with van der Waals surface area (Å²) in [6.45, 7) is 8.35. The summed E-state index contributed by atoms with van der Waals surface area (Å²) in [6.07, 6.45) is 15.3. The minimum absolute atomic E-state index is 0.0166. The largest absolute Gasteiger partial charge is 0.355 e. The molecule has 5 aliphatic heterocycles. The second kappa shape index (κ2) is 20.7. The summed E-state index contributed by atoms with van der Waals surface area (Å²) in [6, 6.07) is 17.3. The molecule has 5 amide bonds. The van der Waals surface area contributed by atoms with Crippen molar-refractivity contribution in [1.82, 2.24) is 45.5 Å². The van der Waals surface area contributed by atoms with Gasteiger partial charge in [-0.05, 0) is 137 Å². The molecule has 0 spiro atoms. The number of carbonyl (C=O) groups excluding carboxylic acids is 5. The fourth-order valence-corrected chi connectivity index (χ4v) is 11.8. The Morgan fingerprint density at radius 3 is 2.36 bits per heavy atom. The van der Waals surface area contributed by atoms with E-state index in [2.05, 4.69) is 63.8 Å². The van der Waals surface area contributed by atoms with Crippen molar-refractivity contribution in [3.05, 3.63) is 101 Å². The third-order valence-electron chi connectivity index (χ3n) is 15.3. The van der Waals surface area contributed by atoms with Gasteiger partial charge in [-0.1, -0.05) is 36.0 Å². The summed E-state index contributed by atoms with van der Waals surface area (Å²) in [5.74, 6) is -0.333. The average Bonchev–Trinajstić information content (AvgIpc) is 3.70. The van der Waals surface area contributed by atoms with Crippen LogP contribution < -0.4 is 26.6 Å². The van der Waals surface area contributed by atoms with Crippen LogP contribution in [0.2, 0.25) is 0 Å². The maximum absolute atomic E-state index is 13.5. The summed E-state index contributed by atoms with van der Waals surface area (Å²) >= 11 is 1.54. The predicted molar refractivity (Wildman–Crippen MR) is 265 cm³/mol. The van der Waals surface area contributed by atoms with Crippen molar-refractivity contribution in [2.75, 3.05) is 49.5 Å². The topological polar surface area (TPSA) is 212 Å². The maximum Gasteiger partial charge on any atom is 0.272 e. The second-order valence-corrected chi connectivity index (χ2v) is 21.2. The van der Waals surface area contributed by atoms with Crippen molar-refractivity contribution in [2.45, 2.75) is 124 Å².